The number of carbonyl (C=O) groups is 2. The van der Waals surface area contributed by atoms with E-state index in [1.807, 2.05) is 30.3 Å². The highest BCUT2D eigenvalue weighted by molar-refractivity contribution is 5.95. The Hall–Kier alpha value is -2.89. The van der Waals surface area contributed by atoms with Crippen molar-refractivity contribution in [1.29, 1.82) is 0 Å². The molecule has 0 atom stereocenters. The van der Waals surface area contributed by atoms with Crippen molar-refractivity contribution in [1.82, 2.24) is 9.80 Å². The minimum atomic E-state index is -0.781. The molecule has 6 heteroatoms. The van der Waals surface area contributed by atoms with Crippen LogP contribution in [0.4, 0.5) is 10.1 Å². The van der Waals surface area contributed by atoms with Crippen molar-refractivity contribution in [3.05, 3.63) is 66.0 Å². The minimum Gasteiger partial charge on any atom is -0.371 e. The van der Waals surface area contributed by atoms with Crippen molar-refractivity contribution in [3.63, 3.8) is 0 Å². The molecule has 5 nitrogen and oxygen atoms in total. The van der Waals surface area contributed by atoms with Crippen molar-refractivity contribution in [2.75, 3.05) is 32.5 Å². The van der Waals surface area contributed by atoms with Gasteiger partial charge in [0.1, 0.15) is 11.4 Å². The number of benzene rings is 2. The third kappa shape index (κ3) is 3.94. The zero-order valence-corrected chi connectivity index (χ0v) is 15.6. The quantitative estimate of drug-likeness (QED) is 0.901. The van der Waals surface area contributed by atoms with Crippen LogP contribution in [0.15, 0.2) is 54.6 Å². The van der Waals surface area contributed by atoms with E-state index in [9.17, 15) is 14.0 Å². The van der Waals surface area contributed by atoms with Crippen LogP contribution in [-0.2, 0) is 4.79 Å². The van der Waals surface area contributed by atoms with Gasteiger partial charge in [0.25, 0.3) is 5.91 Å². The fourth-order valence-electron chi connectivity index (χ4n) is 3.51. The molecule has 0 saturated carbocycles. The number of hydrogen-bond donors (Lipinski definition) is 1. The highest BCUT2D eigenvalue weighted by atomic mass is 19.1. The predicted molar refractivity (Wildman–Crippen MR) is 103 cm³/mol. The second-order valence-corrected chi connectivity index (χ2v) is 7.04. The molecule has 0 aliphatic carbocycles. The zero-order valence-electron chi connectivity index (χ0n) is 15.6. The number of rotatable bonds is 4. The van der Waals surface area contributed by atoms with Gasteiger partial charge in [-0.3, -0.25) is 9.59 Å². The van der Waals surface area contributed by atoms with Crippen LogP contribution in [-0.4, -0.2) is 54.3 Å². The molecule has 0 spiro atoms. The highest BCUT2D eigenvalue weighted by Gasteiger charge is 2.43. The number of para-hydroxylation sites is 1. The Labute approximate surface area is 158 Å². The van der Waals surface area contributed by atoms with Gasteiger partial charge in [-0.1, -0.05) is 30.3 Å². The van der Waals surface area contributed by atoms with Crippen molar-refractivity contribution in [2.24, 2.45) is 0 Å². The van der Waals surface area contributed by atoms with Crippen LogP contribution in [0.3, 0.4) is 0 Å². The third-order valence-corrected chi connectivity index (χ3v) is 4.98. The van der Waals surface area contributed by atoms with Gasteiger partial charge in [-0.15, -0.1) is 0 Å². The van der Waals surface area contributed by atoms with Crippen LogP contribution in [0.1, 0.15) is 23.2 Å². The van der Waals surface area contributed by atoms with Crippen LogP contribution in [0.25, 0.3) is 0 Å². The first kappa shape index (κ1) is 18.9. The smallest absolute Gasteiger partial charge is 0.256 e. The summed E-state index contributed by atoms with van der Waals surface area (Å²) in [5, 5.41) is 3.38. The maximum atomic E-state index is 13.9. The summed E-state index contributed by atoms with van der Waals surface area (Å²) in [4.78, 5) is 28.8. The highest BCUT2D eigenvalue weighted by Crippen LogP contribution is 2.29. The Kier molecular flexibility index (Phi) is 5.44. The minimum absolute atomic E-state index is 0.0238. The molecule has 0 unspecified atom stereocenters. The number of hydrogen-bond acceptors (Lipinski definition) is 3. The number of anilines is 1. The molecule has 27 heavy (non-hydrogen) atoms. The Morgan fingerprint density at radius 2 is 1.59 bits per heavy atom. The molecule has 0 aromatic heterocycles. The molecule has 0 bridgehead atoms. The van der Waals surface area contributed by atoms with Gasteiger partial charge in [-0.05, 0) is 37.1 Å². The third-order valence-electron chi connectivity index (χ3n) is 4.98. The molecule has 1 saturated heterocycles. The standard InChI is InChI=1S/C21H24FN3O2/c1-24(2)20(27)21(23-16-8-4-3-5-9-16)12-14-25(15-13-21)19(26)17-10-6-7-11-18(17)22/h3-11,23H,12-15H2,1-2H3. The first-order chi connectivity index (χ1) is 12.9. The largest absolute Gasteiger partial charge is 0.371 e. The summed E-state index contributed by atoms with van der Waals surface area (Å²) < 4.78 is 13.9. The van der Waals surface area contributed by atoms with Crippen LogP contribution in [0.5, 0.6) is 0 Å². The summed E-state index contributed by atoms with van der Waals surface area (Å²) in [5.74, 6) is -0.880. The molecule has 2 amide bonds. The Bertz CT molecular complexity index is 815. The number of halogens is 1. The Morgan fingerprint density at radius 3 is 2.19 bits per heavy atom. The van der Waals surface area contributed by atoms with E-state index < -0.39 is 11.4 Å². The van der Waals surface area contributed by atoms with E-state index in [4.69, 9.17) is 0 Å². The van der Waals surface area contributed by atoms with E-state index in [0.29, 0.717) is 25.9 Å². The molecule has 2 aromatic carbocycles. The van der Waals surface area contributed by atoms with E-state index in [0.717, 1.165) is 5.69 Å². The van der Waals surface area contributed by atoms with Gasteiger partial charge in [0.15, 0.2) is 0 Å². The van der Waals surface area contributed by atoms with Crippen LogP contribution in [0, 0.1) is 5.82 Å². The molecule has 1 heterocycles. The molecule has 1 fully saturated rings. The normalized spacial score (nSPS) is 15.9. The SMILES string of the molecule is CN(C)C(=O)C1(Nc2ccccc2)CCN(C(=O)c2ccccc2F)CC1. The lowest BCUT2D eigenvalue weighted by Gasteiger charge is -2.43. The van der Waals surface area contributed by atoms with Crippen LogP contribution >= 0.6 is 0 Å². The number of likely N-dealkylation sites (tertiary alicyclic amines) is 1. The second kappa shape index (κ2) is 7.78. The number of nitrogens with zero attached hydrogens (tertiary/aromatic N) is 2. The zero-order chi connectivity index (χ0) is 19.4. The summed E-state index contributed by atoms with van der Waals surface area (Å²) in [7, 11) is 3.46. The fourth-order valence-corrected chi connectivity index (χ4v) is 3.51. The van der Waals surface area contributed by atoms with Crippen LogP contribution < -0.4 is 5.32 Å². The lowest BCUT2D eigenvalue weighted by Crippen LogP contribution is -2.58. The van der Waals surface area contributed by atoms with E-state index in [2.05, 4.69) is 5.32 Å². The van der Waals surface area contributed by atoms with Gasteiger partial charge in [-0.2, -0.15) is 0 Å². The van der Waals surface area contributed by atoms with Gasteiger partial charge < -0.3 is 15.1 Å². The van der Waals surface area contributed by atoms with Crippen molar-refractivity contribution >= 4 is 17.5 Å². The van der Waals surface area contributed by atoms with Gasteiger partial charge in [0.2, 0.25) is 5.91 Å². The number of nitrogens with one attached hydrogen (secondary N) is 1. The fraction of sp³-hybridized carbons (Fsp3) is 0.333. The van der Waals surface area contributed by atoms with E-state index in [-0.39, 0.29) is 17.4 Å². The second-order valence-electron chi connectivity index (χ2n) is 7.04. The van der Waals surface area contributed by atoms with Crippen LogP contribution in [0.2, 0.25) is 0 Å². The summed E-state index contributed by atoms with van der Waals surface area (Å²) in [6.07, 6.45) is 0.915. The maximum absolute atomic E-state index is 13.9. The van der Waals surface area contributed by atoms with Crippen molar-refractivity contribution < 1.29 is 14.0 Å². The lowest BCUT2D eigenvalue weighted by molar-refractivity contribution is -0.135. The van der Waals surface area contributed by atoms with Gasteiger partial charge in [0.05, 0.1) is 5.56 Å². The Morgan fingerprint density at radius 1 is 1.00 bits per heavy atom. The molecule has 1 N–H and O–H groups in total. The first-order valence-electron chi connectivity index (χ1n) is 9.02. The molecular weight excluding hydrogens is 345 g/mol. The maximum Gasteiger partial charge on any atom is 0.256 e. The number of carbonyl (C=O) groups excluding carboxylic acids is 2. The predicted octanol–water partition coefficient (Wildman–Crippen LogP) is 3.00. The van der Waals surface area contributed by atoms with Gasteiger partial charge in [-0.25, -0.2) is 4.39 Å². The van der Waals surface area contributed by atoms with Gasteiger partial charge in [0, 0.05) is 32.9 Å². The average molecular weight is 369 g/mol. The number of piperidine rings is 1. The molecular formula is C21H24FN3O2. The number of likely N-dealkylation sites (N-methyl/N-ethyl adjacent to an activating group) is 1. The molecule has 1 aliphatic heterocycles. The topological polar surface area (TPSA) is 52.7 Å². The lowest BCUT2D eigenvalue weighted by atomic mass is 9.85. The summed E-state index contributed by atoms with van der Waals surface area (Å²) >= 11 is 0. The van der Waals surface area contributed by atoms with E-state index >= 15 is 0 Å². The Balaban J connectivity index is 1.78. The summed E-state index contributed by atoms with van der Waals surface area (Å²) in [6, 6.07) is 15.6. The molecule has 3 rings (SSSR count). The monoisotopic (exact) mass is 369 g/mol. The van der Waals surface area contributed by atoms with E-state index in [1.165, 1.54) is 12.1 Å². The van der Waals surface area contributed by atoms with Crippen molar-refractivity contribution in [2.45, 2.75) is 18.4 Å². The van der Waals surface area contributed by atoms with Gasteiger partial charge >= 0.3 is 0 Å². The van der Waals surface area contributed by atoms with E-state index in [1.54, 1.807) is 36.0 Å². The summed E-state index contributed by atoms with van der Waals surface area (Å²) in [6.45, 7) is 0.763. The molecule has 1 aliphatic rings. The van der Waals surface area contributed by atoms with Crippen molar-refractivity contribution in [3.8, 4) is 0 Å². The molecule has 0 radical (unpaired) electrons. The molecule has 142 valence electrons. The summed E-state index contributed by atoms with van der Waals surface area (Å²) in [5.41, 5.74) is 0.151. The average Bonchev–Trinajstić information content (AvgIpc) is 2.68. The number of amides is 2. The molecule has 2 aromatic rings. The first-order valence-corrected chi connectivity index (χ1v) is 9.02.